The molecular weight excluding hydrogens is 412 g/mol. The van der Waals surface area contributed by atoms with Crippen LogP contribution in [0.3, 0.4) is 0 Å². The summed E-state index contributed by atoms with van der Waals surface area (Å²) in [5.74, 6) is -0.730. The predicted molar refractivity (Wildman–Crippen MR) is 116 cm³/mol. The highest BCUT2D eigenvalue weighted by Crippen LogP contribution is 2.24. The standard InChI is InChI=1S/C21H21ClN2O4S/c1-14(15-6-8-16(22)9-7-15)20(25)23-19-5-3-4-18-17(19)10-11-24(21(18)26)12-13-29(2,27)28/h3-11,14H,12-13H2,1-2H3,(H,23,25). The molecule has 0 aliphatic rings. The van der Waals surface area contributed by atoms with Gasteiger partial charge in [0.2, 0.25) is 5.91 Å². The average Bonchev–Trinajstić information content (AvgIpc) is 2.67. The molecule has 0 saturated carbocycles. The maximum atomic E-state index is 12.7. The first-order valence-corrected chi connectivity index (χ1v) is 11.5. The summed E-state index contributed by atoms with van der Waals surface area (Å²) < 4.78 is 24.1. The Morgan fingerprint density at radius 2 is 1.79 bits per heavy atom. The van der Waals surface area contributed by atoms with Gasteiger partial charge in [0.1, 0.15) is 9.84 Å². The second-order valence-electron chi connectivity index (χ2n) is 6.97. The molecule has 0 spiro atoms. The molecule has 0 aliphatic carbocycles. The summed E-state index contributed by atoms with van der Waals surface area (Å²) in [6.07, 6.45) is 2.68. The molecule has 8 heteroatoms. The van der Waals surface area contributed by atoms with Gasteiger partial charge < -0.3 is 9.88 Å². The molecule has 1 amide bonds. The highest BCUT2D eigenvalue weighted by molar-refractivity contribution is 7.90. The number of nitrogens with zero attached hydrogens (tertiary/aromatic N) is 1. The molecule has 0 radical (unpaired) electrons. The number of sulfone groups is 1. The van der Waals surface area contributed by atoms with Crippen molar-refractivity contribution in [1.82, 2.24) is 4.57 Å². The molecule has 0 saturated heterocycles. The van der Waals surface area contributed by atoms with Gasteiger partial charge in [-0.05, 0) is 42.8 Å². The van der Waals surface area contributed by atoms with E-state index in [2.05, 4.69) is 5.32 Å². The van der Waals surface area contributed by atoms with Gasteiger partial charge in [-0.2, -0.15) is 0 Å². The molecule has 1 aromatic heterocycles. The lowest BCUT2D eigenvalue weighted by Gasteiger charge is -2.15. The van der Waals surface area contributed by atoms with Gasteiger partial charge in [-0.15, -0.1) is 0 Å². The fourth-order valence-corrected chi connectivity index (χ4v) is 3.67. The molecule has 1 unspecified atom stereocenters. The number of nitrogens with one attached hydrogen (secondary N) is 1. The van der Waals surface area contributed by atoms with Gasteiger partial charge in [-0.25, -0.2) is 8.42 Å². The first-order chi connectivity index (χ1) is 13.7. The van der Waals surface area contributed by atoms with Crippen molar-refractivity contribution in [3.63, 3.8) is 0 Å². The molecule has 1 N–H and O–H groups in total. The quantitative estimate of drug-likeness (QED) is 0.646. The number of carbonyl (C=O) groups excluding carboxylic acids is 1. The Morgan fingerprint density at radius 1 is 1.10 bits per heavy atom. The Hall–Kier alpha value is -2.64. The van der Waals surface area contributed by atoms with Crippen molar-refractivity contribution in [2.24, 2.45) is 0 Å². The van der Waals surface area contributed by atoms with Crippen molar-refractivity contribution < 1.29 is 13.2 Å². The fraction of sp³-hybridized carbons (Fsp3) is 0.238. The van der Waals surface area contributed by atoms with E-state index in [-0.39, 0.29) is 23.8 Å². The maximum absolute atomic E-state index is 12.7. The number of hydrogen-bond donors (Lipinski definition) is 1. The van der Waals surface area contributed by atoms with E-state index in [0.29, 0.717) is 21.5 Å². The lowest BCUT2D eigenvalue weighted by Crippen LogP contribution is -2.24. The van der Waals surface area contributed by atoms with E-state index in [9.17, 15) is 18.0 Å². The summed E-state index contributed by atoms with van der Waals surface area (Å²) in [7, 11) is -3.18. The van der Waals surface area contributed by atoms with E-state index < -0.39 is 15.8 Å². The third-order valence-corrected chi connectivity index (χ3v) is 5.92. The Bertz CT molecular complexity index is 1220. The summed E-state index contributed by atoms with van der Waals surface area (Å²) in [4.78, 5) is 25.4. The van der Waals surface area contributed by atoms with Crippen LogP contribution in [-0.4, -0.2) is 30.9 Å². The first kappa shape index (κ1) is 21.1. The number of pyridine rings is 1. The highest BCUT2D eigenvalue weighted by Gasteiger charge is 2.17. The van der Waals surface area contributed by atoms with Crippen molar-refractivity contribution >= 4 is 43.8 Å². The van der Waals surface area contributed by atoms with Crippen LogP contribution in [0.4, 0.5) is 5.69 Å². The highest BCUT2D eigenvalue weighted by atomic mass is 35.5. The van der Waals surface area contributed by atoms with Gasteiger partial charge in [-0.3, -0.25) is 9.59 Å². The lowest BCUT2D eigenvalue weighted by molar-refractivity contribution is -0.117. The van der Waals surface area contributed by atoms with Crippen LogP contribution in [0, 0.1) is 0 Å². The largest absolute Gasteiger partial charge is 0.325 e. The molecule has 1 atom stereocenters. The number of hydrogen-bond acceptors (Lipinski definition) is 4. The van der Waals surface area contributed by atoms with Crippen molar-refractivity contribution in [1.29, 1.82) is 0 Å². The lowest BCUT2D eigenvalue weighted by atomic mass is 10.00. The van der Waals surface area contributed by atoms with Crippen LogP contribution in [0.25, 0.3) is 10.8 Å². The van der Waals surface area contributed by atoms with Crippen LogP contribution < -0.4 is 10.9 Å². The van der Waals surface area contributed by atoms with E-state index in [1.807, 2.05) is 0 Å². The summed E-state index contributed by atoms with van der Waals surface area (Å²) in [5.41, 5.74) is 1.06. The third kappa shape index (κ3) is 5.05. The van der Waals surface area contributed by atoms with Gasteiger partial charge in [0.25, 0.3) is 5.56 Å². The van der Waals surface area contributed by atoms with Crippen LogP contribution in [0.15, 0.2) is 59.5 Å². The van der Waals surface area contributed by atoms with Crippen LogP contribution >= 0.6 is 11.6 Å². The molecule has 29 heavy (non-hydrogen) atoms. The van der Waals surface area contributed by atoms with Gasteiger partial charge in [0.15, 0.2) is 0 Å². The second kappa shape index (κ2) is 8.39. The number of halogens is 1. The van der Waals surface area contributed by atoms with Gasteiger partial charge in [0, 0.05) is 40.5 Å². The number of fused-ring (bicyclic) bond motifs is 1. The molecule has 3 rings (SSSR count). The number of carbonyl (C=O) groups is 1. The molecule has 6 nitrogen and oxygen atoms in total. The first-order valence-electron chi connectivity index (χ1n) is 9.02. The normalized spacial score (nSPS) is 12.7. The summed E-state index contributed by atoms with van der Waals surface area (Å²) in [6, 6.07) is 13.9. The zero-order chi connectivity index (χ0) is 21.2. The number of rotatable bonds is 6. The van der Waals surface area contributed by atoms with E-state index >= 15 is 0 Å². The minimum atomic E-state index is -3.18. The molecule has 0 aliphatic heterocycles. The average molecular weight is 433 g/mol. The van der Waals surface area contributed by atoms with Crippen molar-refractivity contribution in [3.05, 3.63) is 75.7 Å². The molecule has 0 fully saturated rings. The Balaban J connectivity index is 1.88. The number of aromatic nitrogens is 1. The number of aryl methyl sites for hydroxylation is 1. The smallest absolute Gasteiger partial charge is 0.258 e. The zero-order valence-electron chi connectivity index (χ0n) is 16.1. The molecule has 2 aromatic carbocycles. The van der Waals surface area contributed by atoms with Crippen LogP contribution in [0.2, 0.25) is 5.02 Å². The fourth-order valence-electron chi connectivity index (χ4n) is 3.01. The number of benzene rings is 2. The Morgan fingerprint density at radius 3 is 2.45 bits per heavy atom. The van der Waals surface area contributed by atoms with E-state index in [1.54, 1.807) is 61.7 Å². The predicted octanol–water partition coefficient (Wildman–Crippen LogP) is 3.44. The van der Waals surface area contributed by atoms with Crippen molar-refractivity contribution in [2.45, 2.75) is 19.4 Å². The van der Waals surface area contributed by atoms with E-state index in [0.717, 1.165) is 11.8 Å². The SMILES string of the molecule is CC(C(=O)Nc1cccc2c(=O)n(CCS(C)(=O)=O)ccc12)c1ccc(Cl)cc1. The minimum absolute atomic E-state index is 0.0811. The van der Waals surface area contributed by atoms with Gasteiger partial charge in [-0.1, -0.05) is 29.8 Å². The van der Waals surface area contributed by atoms with E-state index in [1.165, 1.54) is 4.57 Å². The van der Waals surface area contributed by atoms with Crippen molar-refractivity contribution in [3.8, 4) is 0 Å². The molecule has 152 valence electrons. The maximum Gasteiger partial charge on any atom is 0.258 e. The Kier molecular flexibility index (Phi) is 6.10. The van der Waals surface area contributed by atoms with E-state index in [4.69, 9.17) is 11.6 Å². The monoisotopic (exact) mass is 432 g/mol. The second-order valence-corrected chi connectivity index (χ2v) is 9.67. The zero-order valence-corrected chi connectivity index (χ0v) is 17.6. The van der Waals surface area contributed by atoms with Crippen molar-refractivity contribution in [2.75, 3.05) is 17.3 Å². The van der Waals surface area contributed by atoms with Crippen LogP contribution in [0.5, 0.6) is 0 Å². The molecule has 1 heterocycles. The summed E-state index contributed by atoms with van der Waals surface area (Å²) in [6.45, 7) is 1.87. The van der Waals surface area contributed by atoms with Crippen LogP contribution in [-0.2, 0) is 21.2 Å². The number of anilines is 1. The Labute approximate surface area is 174 Å². The summed E-state index contributed by atoms with van der Waals surface area (Å²) >= 11 is 5.90. The number of amides is 1. The minimum Gasteiger partial charge on any atom is -0.325 e. The molecule has 0 bridgehead atoms. The summed E-state index contributed by atoms with van der Waals surface area (Å²) in [5, 5.41) is 4.50. The third-order valence-electron chi connectivity index (χ3n) is 4.74. The van der Waals surface area contributed by atoms with Crippen LogP contribution in [0.1, 0.15) is 18.4 Å². The van der Waals surface area contributed by atoms with Gasteiger partial charge >= 0.3 is 0 Å². The molecule has 3 aromatic rings. The topological polar surface area (TPSA) is 85.2 Å². The molecular formula is C21H21ClN2O4S. The van der Waals surface area contributed by atoms with Gasteiger partial charge in [0.05, 0.1) is 11.7 Å².